The predicted octanol–water partition coefficient (Wildman–Crippen LogP) is 5.06. The van der Waals surface area contributed by atoms with Gasteiger partial charge in [-0.25, -0.2) is 12.8 Å². The van der Waals surface area contributed by atoms with Crippen molar-refractivity contribution in [3.63, 3.8) is 0 Å². The molecule has 0 heterocycles. The lowest BCUT2D eigenvalue weighted by molar-refractivity contribution is -0.138. The highest BCUT2D eigenvalue weighted by Gasteiger charge is 2.34. The summed E-state index contributed by atoms with van der Waals surface area (Å²) in [6.07, 6.45) is -4.72. The van der Waals surface area contributed by atoms with Gasteiger partial charge in [0.15, 0.2) is 0 Å². The third kappa shape index (κ3) is 4.15. The van der Waals surface area contributed by atoms with Crippen LogP contribution in [0.15, 0.2) is 45.8 Å². The Morgan fingerprint density at radius 2 is 1.74 bits per heavy atom. The fourth-order valence-corrected chi connectivity index (χ4v) is 3.39. The molecule has 0 fully saturated rings. The minimum Gasteiger partial charge on any atom is -0.280 e. The summed E-state index contributed by atoms with van der Waals surface area (Å²) in [5, 5.41) is -0.322. The Kier molecular flexibility index (Phi) is 4.93. The Labute approximate surface area is 142 Å². The quantitative estimate of drug-likeness (QED) is 0.689. The first-order valence-electron chi connectivity index (χ1n) is 5.85. The normalized spacial score (nSPS) is 12.3. The molecule has 0 aliphatic carbocycles. The van der Waals surface area contributed by atoms with Gasteiger partial charge in [0.25, 0.3) is 10.0 Å². The van der Waals surface area contributed by atoms with E-state index in [1.807, 2.05) is 4.72 Å². The van der Waals surface area contributed by atoms with Gasteiger partial charge in [0.1, 0.15) is 5.82 Å². The summed E-state index contributed by atoms with van der Waals surface area (Å²) < 4.78 is 77.6. The highest BCUT2D eigenvalue weighted by Crippen LogP contribution is 2.36. The molecule has 2 rings (SSSR count). The number of benzene rings is 2. The number of sulfonamides is 1. The molecule has 0 aliphatic rings. The standard InChI is InChI=1S/C13H7BrClF4NO2S/c14-10-3-2-8(6-9(10)13(17,18)19)23(21,22)20-7-1-4-12(16)11(15)5-7/h1-6,20H. The molecule has 0 amide bonds. The van der Waals surface area contributed by atoms with E-state index in [1.165, 1.54) is 0 Å². The Hall–Kier alpha value is -1.32. The first-order valence-corrected chi connectivity index (χ1v) is 8.51. The monoisotopic (exact) mass is 431 g/mol. The van der Waals surface area contributed by atoms with Crippen LogP contribution < -0.4 is 4.72 Å². The molecule has 0 bridgehead atoms. The summed E-state index contributed by atoms with van der Waals surface area (Å²) in [6, 6.07) is 5.53. The number of hydrogen-bond acceptors (Lipinski definition) is 2. The van der Waals surface area contributed by atoms with Crippen molar-refractivity contribution in [2.45, 2.75) is 11.1 Å². The lowest BCUT2D eigenvalue weighted by atomic mass is 10.2. The molecule has 23 heavy (non-hydrogen) atoms. The molecule has 0 saturated carbocycles. The molecule has 0 atom stereocenters. The topological polar surface area (TPSA) is 46.2 Å². The second-order valence-corrected chi connectivity index (χ2v) is 7.32. The van der Waals surface area contributed by atoms with E-state index >= 15 is 0 Å². The van der Waals surface area contributed by atoms with Crippen LogP contribution in [-0.4, -0.2) is 8.42 Å². The van der Waals surface area contributed by atoms with Gasteiger partial charge in [-0.2, -0.15) is 13.2 Å². The molecule has 0 unspecified atom stereocenters. The van der Waals surface area contributed by atoms with Crippen molar-refractivity contribution in [3.8, 4) is 0 Å². The molecule has 1 N–H and O–H groups in total. The smallest absolute Gasteiger partial charge is 0.280 e. The van der Waals surface area contributed by atoms with Crippen molar-refractivity contribution in [2.75, 3.05) is 4.72 Å². The van der Waals surface area contributed by atoms with E-state index in [2.05, 4.69) is 15.9 Å². The molecule has 3 nitrogen and oxygen atoms in total. The summed E-state index contributed by atoms with van der Waals surface area (Å²) in [5.41, 5.74) is -1.20. The van der Waals surface area contributed by atoms with Gasteiger partial charge in [0.2, 0.25) is 0 Å². The molecular formula is C13H7BrClF4NO2S. The third-order valence-corrected chi connectivity index (χ3v) is 5.09. The zero-order valence-electron chi connectivity index (χ0n) is 11.0. The molecular weight excluding hydrogens is 426 g/mol. The van der Waals surface area contributed by atoms with Crippen LogP contribution in [-0.2, 0) is 16.2 Å². The highest BCUT2D eigenvalue weighted by atomic mass is 79.9. The van der Waals surface area contributed by atoms with E-state index in [4.69, 9.17) is 11.6 Å². The van der Waals surface area contributed by atoms with Crippen LogP contribution in [0.5, 0.6) is 0 Å². The zero-order chi connectivity index (χ0) is 17.4. The zero-order valence-corrected chi connectivity index (χ0v) is 14.1. The molecule has 0 radical (unpaired) electrons. The minimum atomic E-state index is -4.72. The largest absolute Gasteiger partial charge is 0.417 e. The van der Waals surface area contributed by atoms with Gasteiger partial charge < -0.3 is 0 Å². The Balaban J connectivity index is 2.42. The van der Waals surface area contributed by atoms with Crippen molar-refractivity contribution in [2.24, 2.45) is 0 Å². The SMILES string of the molecule is O=S(=O)(Nc1ccc(F)c(Cl)c1)c1ccc(Br)c(C(F)(F)F)c1. The van der Waals surface area contributed by atoms with Crippen molar-refractivity contribution >= 4 is 43.2 Å². The summed E-state index contributed by atoms with van der Waals surface area (Å²) in [7, 11) is -4.29. The molecule has 0 aromatic heterocycles. The summed E-state index contributed by atoms with van der Waals surface area (Å²) in [6.45, 7) is 0. The van der Waals surface area contributed by atoms with Gasteiger partial charge in [0.05, 0.1) is 21.2 Å². The number of nitrogens with one attached hydrogen (secondary N) is 1. The van der Waals surface area contributed by atoms with Crippen LogP contribution in [0.1, 0.15) is 5.56 Å². The van der Waals surface area contributed by atoms with Crippen LogP contribution in [0.4, 0.5) is 23.2 Å². The second kappa shape index (κ2) is 6.29. The Morgan fingerprint density at radius 1 is 1.09 bits per heavy atom. The van der Waals surface area contributed by atoms with Crippen molar-refractivity contribution in [1.82, 2.24) is 0 Å². The predicted molar refractivity (Wildman–Crippen MR) is 81.4 cm³/mol. The lowest BCUT2D eigenvalue weighted by Crippen LogP contribution is -2.15. The fraction of sp³-hybridized carbons (Fsp3) is 0.0769. The lowest BCUT2D eigenvalue weighted by Gasteiger charge is -2.13. The maximum atomic E-state index is 13.0. The van der Waals surface area contributed by atoms with Gasteiger partial charge in [-0.1, -0.05) is 27.5 Å². The van der Waals surface area contributed by atoms with Crippen LogP contribution in [0.3, 0.4) is 0 Å². The van der Waals surface area contributed by atoms with Gasteiger partial charge >= 0.3 is 6.18 Å². The summed E-state index contributed by atoms with van der Waals surface area (Å²) >= 11 is 8.25. The second-order valence-electron chi connectivity index (χ2n) is 4.37. The van der Waals surface area contributed by atoms with E-state index in [9.17, 15) is 26.0 Å². The molecule has 2 aromatic rings. The number of hydrogen-bond donors (Lipinski definition) is 1. The van der Waals surface area contributed by atoms with E-state index in [1.54, 1.807) is 0 Å². The number of halogens is 6. The molecule has 2 aromatic carbocycles. The van der Waals surface area contributed by atoms with E-state index in [0.717, 1.165) is 30.3 Å². The molecule has 10 heteroatoms. The highest BCUT2D eigenvalue weighted by molar-refractivity contribution is 9.10. The average molecular weight is 433 g/mol. The van der Waals surface area contributed by atoms with Gasteiger partial charge in [-0.15, -0.1) is 0 Å². The summed E-state index contributed by atoms with van der Waals surface area (Å²) in [4.78, 5) is -0.589. The number of anilines is 1. The van der Waals surface area contributed by atoms with Crippen molar-refractivity contribution in [1.29, 1.82) is 0 Å². The maximum absolute atomic E-state index is 13.0. The Morgan fingerprint density at radius 3 is 2.30 bits per heavy atom. The fourth-order valence-electron chi connectivity index (χ4n) is 1.66. The van der Waals surface area contributed by atoms with Crippen molar-refractivity contribution < 1.29 is 26.0 Å². The van der Waals surface area contributed by atoms with Gasteiger partial charge in [0, 0.05) is 4.47 Å². The molecule has 0 spiro atoms. The van der Waals surface area contributed by atoms with Crippen LogP contribution in [0.25, 0.3) is 0 Å². The maximum Gasteiger partial charge on any atom is 0.417 e. The Bertz CT molecular complexity index is 856. The number of rotatable bonds is 3. The molecule has 0 aliphatic heterocycles. The summed E-state index contributed by atoms with van der Waals surface area (Å²) in [5.74, 6) is -0.752. The first kappa shape index (κ1) is 18.0. The van der Waals surface area contributed by atoms with Gasteiger partial charge in [-0.05, 0) is 36.4 Å². The van der Waals surface area contributed by atoms with Gasteiger partial charge in [-0.3, -0.25) is 4.72 Å². The van der Waals surface area contributed by atoms with Crippen LogP contribution in [0, 0.1) is 5.82 Å². The first-order chi connectivity index (χ1) is 10.5. The van der Waals surface area contributed by atoms with E-state index < -0.39 is 32.5 Å². The molecule has 0 saturated heterocycles. The van der Waals surface area contributed by atoms with Crippen LogP contribution in [0.2, 0.25) is 5.02 Å². The van der Waals surface area contributed by atoms with E-state index in [0.29, 0.717) is 6.07 Å². The average Bonchev–Trinajstić information content (AvgIpc) is 2.41. The molecule has 124 valence electrons. The van der Waals surface area contributed by atoms with E-state index in [-0.39, 0.29) is 15.2 Å². The number of alkyl halides is 3. The third-order valence-electron chi connectivity index (χ3n) is 2.73. The minimum absolute atomic E-state index is 0.0760. The van der Waals surface area contributed by atoms with Crippen molar-refractivity contribution in [3.05, 3.63) is 57.3 Å². The van der Waals surface area contributed by atoms with Crippen LogP contribution >= 0.6 is 27.5 Å².